The molecule has 7 aromatic rings. The summed E-state index contributed by atoms with van der Waals surface area (Å²) < 4.78 is 31.4. The third-order valence-electron chi connectivity index (χ3n) is 9.06. The fraction of sp³-hybridized carbons (Fsp3) is 0.205. The molecule has 0 unspecified atom stereocenters. The first kappa shape index (κ1) is 32.3. The van der Waals surface area contributed by atoms with Gasteiger partial charge in [0.2, 0.25) is 0 Å². The zero-order chi connectivity index (χ0) is 34.9. The Morgan fingerprint density at radius 1 is 0.660 bits per heavy atom. The maximum absolute atomic E-state index is 13.7. The molecule has 0 spiro atoms. The van der Waals surface area contributed by atoms with Crippen LogP contribution in [-0.2, 0) is 27.2 Å². The van der Waals surface area contributed by atoms with E-state index in [0.717, 1.165) is 50.1 Å². The average molecular weight is 672 g/mol. The van der Waals surface area contributed by atoms with E-state index in [9.17, 15) is 4.79 Å². The van der Waals surface area contributed by atoms with Crippen LogP contribution in [0.15, 0.2) is 100 Å². The van der Waals surface area contributed by atoms with Gasteiger partial charge >= 0.3 is 0 Å². The van der Waals surface area contributed by atoms with Gasteiger partial charge in [0.05, 0.1) is 39.5 Å². The normalized spacial score (nSPS) is 11.2. The van der Waals surface area contributed by atoms with Crippen molar-refractivity contribution in [1.29, 1.82) is 0 Å². The number of rotatable bonds is 11. The topological polar surface area (TPSA) is 106 Å². The van der Waals surface area contributed by atoms with Crippen LogP contribution in [0.1, 0.15) is 11.1 Å². The molecule has 0 N–H and O–H groups in total. The van der Waals surface area contributed by atoms with Crippen LogP contribution in [0.4, 0.5) is 5.95 Å². The van der Waals surface area contributed by atoms with Crippen LogP contribution in [-0.4, -0.2) is 47.7 Å². The van der Waals surface area contributed by atoms with Crippen LogP contribution in [0, 0.1) is 0 Å². The highest BCUT2D eigenvalue weighted by Crippen LogP contribution is 2.37. The minimum absolute atomic E-state index is 0.137. The molecule has 0 aliphatic heterocycles. The number of fused-ring (bicyclic) bond motifs is 3. The molecule has 0 radical (unpaired) electrons. The summed E-state index contributed by atoms with van der Waals surface area (Å²) in [5.41, 5.74) is 5.70. The Labute approximate surface area is 288 Å². The lowest BCUT2D eigenvalue weighted by atomic mass is 10.0. The third-order valence-corrected chi connectivity index (χ3v) is 9.06. The first-order chi connectivity index (χ1) is 24.3. The monoisotopic (exact) mass is 671 g/mol. The molecule has 0 saturated heterocycles. The average Bonchev–Trinajstić information content (AvgIpc) is 3.76. The van der Waals surface area contributed by atoms with Crippen molar-refractivity contribution in [2.24, 2.45) is 14.1 Å². The third kappa shape index (κ3) is 5.87. The molecular weight excluding hydrogens is 634 g/mol. The molecule has 4 aromatic carbocycles. The first-order valence-electron chi connectivity index (χ1n) is 16.0. The van der Waals surface area contributed by atoms with Gasteiger partial charge in [0.25, 0.3) is 17.4 Å². The van der Waals surface area contributed by atoms with Gasteiger partial charge < -0.3 is 32.9 Å². The fourth-order valence-electron chi connectivity index (χ4n) is 6.40. The van der Waals surface area contributed by atoms with Crippen LogP contribution >= 0.6 is 0 Å². The molecule has 0 aliphatic rings. The van der Waals surface area contributed by atoms with E-state index in [-0.39, 0.29) is 5.56 Å². The maximum Gasteiger partial charge on any atom is 0.266 e. The lowest BCUT2D eigenvalue weighted by molar-refractivity contribution is 0.395. The Balaban J connectivity index is 1.29. The Morgan fingerprint density at radius 3 is 1.88 bits per heavy atom. The molecule has 0 bridgehead atoms. The number of hydrogen-bond acceptors (Lipinski definition) is 9. The smallest absolute Gasteiger partial charge is 0.266 e. The van der Waals surface area contributed by atoms with Crippen LogP contribution in [0.2, 0.25) is 0 Å². The molecule has 7 rings (SSSR count). The standard InChI is InChI=1S/C39H37N5O6/c1-42-34-18-11-26(19-31(34)32-21-33(38(45)43(2)37(32)42)30-17-16-29(48-5)20-35(30)49-6)36-40-39(41-50-36)44(22-24-7-12-27(46-3)13-8-24)23-25-9-14-28(47-4)15-10-25/h7-21H,22-23H2,1-6H3. The Hall–Kier alpha value is -6.23. The van der Waals surface area contributed by atoms with Crippen molar-refractivity contribution in [1.82, 2.24) is 19.3 Å². The quantitative estimate of drug-likeness (QED) is 0.144. The second kappa shape index (κ2) is 13.3. The highest BCUT2D eigenvalue weighted by atomic mass is 16.5. The van der Waals surface area contributed by atoms with E-state index >= 15 is 0 Å². The summed E-state index contributed by atoms with van der Waals surface area (Å²) in [6, 6.07) is 29.2. The number of methoxy groups -OCH3 is 4. The van der Waals surface area contributed by atoms with Gasteiger partial charge in [-0.1, -0.05) is 24.3 Å². The van der Waals surface area contributed by atoms with Gasteiger partial charge in [-0.05, 0) is 76.9 Å². The van der Waals surface area contributed by atoms with Gasteiger partial charge in [0.15, 0.2) is 0 Å². The fourth-order valence-corrected chi connectivity index (χ4v) is 6.40. The van der Waals surface area contributed by atoms with Crippen LogP contribution < -0.4 is 29.4 Å². The molecule has 254 valence electrons. The molecule has 11 heteroatoms. The van der Waals surface area contributed by atoms with Crippen molar-refractivity contribution in [3.05, 3.63) is 112 Å². The Kier molecular flexibility index (Phi) is 8.63. The summed E-state index contributed by atoms with van der Waals surface area (Å²) in [4.78, 5) is 20.7. The van der Waals surface area contributed by atoms with E-state index in [1.807, 2.05) is 96.5 Å². The summed E-state index contributed by atoms with van der Waals surface area (Å²) >= 11 is 0. The predicted molar refractivity (Wildman–Crippen MR) is 193 cm³/mol. The summed E-state index contributed by atoms with van der Waals surface area (Å²) in [5, 5.41) is 6.27. The van der Waals surface area contributed by atoms with Gasteiger partial charge in [-0.3, -0.25) is 9.36 Å². The van der Waals surface area contributed by atoms with E-state index in [1.165, 1.54) is 0 Å². The first-order valence-corrected chi connectivity index (χ1v) is 16.0. The number of aromatic nitrogens is 4. The minimum Gasteiger partial charge on any atom is -0.497 e. The number of aryl methyl sites for hydroxylation is 2. The predicted octanol–water partition coefficient (Wildman–Crippen LogP) is 6.99. The van der Waals surface area contributed by atoms with E-state index in [1.54, 1.807) is 46.1 Å². The molecule has 0 fully saturated rings. The molecule has 0 aliphatic carbocycles. The summed E-state index contributed by atoms with van der Waals surface area (Å²) in [7, 11) is 10.2. The molecule has 0 atom stereocenters. The van der Waals surface area contributed by atoms with Crippen molar-refractivity contribution >= 4 is 27.9 Å². The number of benzene rings is 4. The molecule has 0 saturated carbocycles. The second-order valence-corrected chi connectivity index (χ2v) is 12.0. The Bertz CT molecular complexity index is 2330. The van der Waals surface area contributed by atoms with Crippen LogP contribution in [0.25, 0.3) is 44.5 Å². The largest absolute Gasteiger partial charge is 0.497 e. The van der Waals surface area contributed by atoms with Crippen molar-refractivity contribution in [3.63, 3.8) is 0 Å². The van der Waals surface area contributed by atoms with E-state index in [2.05, 4.69) is 10.1 Å². The van der Waals surface area contributed by atoms with Crippen molar-refractivity contribution in [2.75, 3.05) is 33.3 Å². The van der Waals surface area contributed by atoms with Crippen LogP contribution in [0.5, 0.6) is 23.0 Å². The van der Waals surface area contributed by atoms with Crippen molar-refractivity contribution in [2.45, 2.75) is 13.1 Å². The van der Waals surface area contributed by atoms with Gasteiger partial charge in [0.1, 0.15) is 28.6 Å². The zero-order valence-electron chi connectivity index (χ0n) is 28.8. The number of hydrogen-bond donors (Lipinski definition) is 0. The van der Waals surface area contributed by atoms with Crippen molar-refractivity contribution < 1.29 is 23.5 Å². The molecule has 0 amide bonds. The van der Waals surface area contributed by atoms with Crippen molar-refractivity contribution in [3.8, 4) is 45.6 Å². The molecular formula is C39H37N5O6. The number of ether oxygens (including phenoxy) is 4. The molecule has 3 heterocycles. The highest BCUT2D eigenvalue weighted by Gasteiger charge is 2.21. The van der Waals surface area contributed by atoms with E-state index in [0.29, 0.717) is 47.6 Å². The highest BCUT2D eigenvalue weighted by molar-refractivity contribution is 6.09. The maximum atomic E-state index is 13.7. The number of anilines is 1. The molecule has 3 aromatic heterocycles. The zero-order valence-corrected chi connectivity index (χ0v) is 28.8. The van der Waals surface area contributed by atoms with E-state index in [4.69, 9.17) is 28.5 Å². The number of pyridine rings is 1. The summed E-state index contributed by atoms with van der Waals surface area (Å²) in [5.74, 6) is 3.61. The summed E-state index contributed by atoms with van der Waals surface area (Å²) in [6.45, 7) is 1.09. The number of nitrogens with zero attached hydrogens (tertiary/aromatic N) is 5. The minimum atomic E-state index is -0.137. The van der Waals surface area contributed by atoms with Gasteiger partial charge in [0, 0.05) is 55.2 Å². The Morgan fingerprint density at radius 2 is 1.28 bits per heavy atom. The summed E-state index contributed by atoms with van der Waals surface area (Å²) in [6.07, 6.45) is 0. The van der Waals surface area contributed by atoms with Gasteiger partial charge in [-0.25, -0.2) is 0 Å². The SMILES string of the molecule is COc1ccc(CN(Cc2ccc(OC)cc2)c2noc(-c3ccc4c(c3)c3cc(-c5ccc(OC)cc5OC)c(=O)n(C)c3n4C)n2)cc1. The van der Waals surface area contributed by atoms with E-state index < -0.39 is 0 Å². The molecule has 11 nitrogen and oxygen atoms in total. The van der Waals surface area contributed by atoms with Gasteiger partial charge in [-0.2, -0.15) is 4.98 Å². The van der Waals surface area contributed by atoms with Gasteiger partial charge in [-0.15, -0.1) is 0 Å². The van der Waals surface area contributed by atoms with Crippen LogP contribution in [0.3, 0.4) is 0 Å². The lowest BCUT2D eigenvalue weighted by Gasteiger charge is -2.21. The molecule has 50 heavy (non-hydrogen) atoms. The lowest BCUT2D eigenvalue weighted by Crippen LogP contribution is -2.23. The second-order valence-electron chi connectivity index (χ2n) is 12.0.